The molecule has 0 fully saturated rings. The number of nitrogens with zero attached hydrogens (tertiary/aromatic N) is 2. The van der Waals surface area contributed by atoms with E-state index >= 15 is 0 Å². The van der Waals surface area contributed by atoms with Crippen LogP contribution in [0.4, 0.5) is 5.82 Å². The Balaban J connectivity index is 2.65. The molecule has 19 heavy (non-hydrogen) atoms. The van der Waals surface area contributed by atoms with Crippen molar-refractivity contribution in [2.24, 2.45) is 5.84 Å². The summed E-state index contributed by atoms with van der Waals surface area (Å²) in [6.07, 6.45) is 0.814. The number of nitrogen functional groups attached to an aromatic ring is 1. The van der Waals surface area contributed by atoms with Gasteiger partial charge in [0.05, 0.1) is 0 Å². The van der Waals surface area contributed by atoms with Crippen molar-refractivity contribution in [2.75, 3.05) is 5.43 Å². The van der Waals surface area contributed by atoms with Gasteiger partial charge in [0.2, 0.25) is 0 Å². The van der Waals surface area contributed by atoms with Gasteiger partial charge in [-0.15, -0.1) is 0 Å². The summed E-state index contributed by atoms with van der Waals surface area (Å²) < 4.78 is 0.894. The molecule has 1 aromatic carbocycles. The molecule has 3 N–H and O–H groups in total. The summed E-state index contributed by atoms with van der Waals surface area (Å²) in [5.74, 6) is 6.75. The van der Waals surface area contributed by atoms with Crippen LogP contribution in [-0.4, -0.2) is 9.97 Å². The second-order valence-corrected chi connectivity index (χ2v) is 5.38. The van der Waals surface area contributed by atoms with Crippen molar-refractivity contribution in [2.45, 2.75) is 20.3 Å². The number of anilines is 1. The third-order valence-electron chi connectivity index (χ3n) is 2.89. The molecule has 0 unspecified atom stereocenters. The van der Waals surface area contributed by atoms with E-state index in [1.54, 1.807) is 0 Å². The van der Waals surface area contributed by atoms with Gasteiger partial charge < -0.3 is 5.43 Å². The number of hydrazine groups is 1. The molecule has 2 aromatic rings. The van der Waals surface area contributed by atoms with Gasteiger partial charge in [-0.25, -0.2) is 15.8 Å². The standard InChI is InChI=1S/C13H14BrClN4/c1-3-11-7(2)12(19-16)18-13(17-11)9-6-8(15)4-5-10(9)14/h4-6H,3,16H2,1-2H3,(H,17,18,19). The second-order valence-electron chi connectivity index (χ2n) is 4.09. The fraction of sp³-hybridized carbons (Fsp3) is 0.231. The van der Waals surface area contributed by atoms with Gasteiger partial charge >= 0.3 is 0 Å². The molecule has 1 heterocycles. The van der Waals surface area contributed by atoms with Crippen LogP contribution in [0.15, 0.2) is 22.7 Å². The van der Waals surface area contributed by atoms with Crippen molar-refractivity contribution < 1.29 is 0 Å². The number of benzene rings is 1. The van der Waals surface area contributed by atoms with Crippen molar-refractivity contribution in [3.63, 3.8) is 0 Å². The van der Waals surface area contributed by atoms with Crippen molar-refractivity contribution in [3.8, 4) is 11.4 Å². The SMILES string of the molecule is CCc1nc(-c2cc(Cl)ccc2Br)nc(NN)c1C. The lowest BCUT2D eigenvalue weighted by molar-refractivity contribution is 0.973. The van der Waals surface area contributed by atoms with Gasteiger partial charge in [0.25, 0.3) is 0 Å². The van der Waals surface area contributed by atoms with E-state index in [9.17, 15) is 0 Å². The van der Waals surface area contributed by atoms with E-state index in [1.165, 1.54) is 0 Å². The van der Waals surface area contributed by atoms with Gasteiger partial charge in [-0.1, -0.05) is 34.5 Å². The Bertz CT molecular complexity index is 591. The molecule has 6 heteroatoms. The number of hydrogen-bond donors (Lipinski definition) is 2. The summed E-state index contributed by atoms with van der Waals surface area (Å²) in [4.78, 5) is 9.01. The maximum Gasteiger partial charge on any atom is 0.163 e. The Morgan fingerprint density at radius 2 is 2.11 bits per heavy atom. The van der Waals surface area contributed by atoms with Gasteiger partial charge in [-0.3, -0.25) is 0 Å². The molecular weight excluding hydrogens is 328 g/mol. The van der Waals surface area contributed by atoms with Gasteiger partial charge in [-0.2, -0.15) is 0 Å². The highest BCUT2D eigenvalue weighted by molar-refractivity contribution is 9.10. The highest BCUT2D eigenvalue weighted by Crippen LogP contribution is 2.30. The highest BCUT2D eigenvalue weighted by Gasteiger charge is 2.13. The Morgan fingerprint density at radius 3 is 2.74 bits per heavy atom. The Morgan fingerprint density at radius 1 is 1.37 bits per heavy atom. The summed E-state index contributed by atoms with van der Waals surface area (Å²) in [6.45, 7) is 4.00. The lowest BCUT2D eigenvalue weighted by Gasteiger charge is -2.12. The predicted octanol–water partition coefficient (Wildman–Crippen LogP) is 3.72. The summed E-state index contributed by atoms with van der Waals surface area (Å²) in [7, 11) is 0. The van der Waals surface area contributed by atoms with E-state index in [0.29, 0.717) is 16.7 Å². The molecule has 0 atom stereocenters. The Hall–Kier alpha value is -1.17. The van der Waals surface area contributed by atoms with E-state index in [-0.39, 0.29) is 0 Å². The zero-order chi connectivity index (χ0) is 14.0. The van der Waals surface area contributed by atoms with Crippen LogP contribution >= 0.6 is 27.5 Å². The summed E-state index contributed by atoms with van der Waals surface area (Å²) >= 11 is 9.52. The molecular formula is C13H14BrClN4. The quantitative estimate of drug-likeness (QED) is 0.660. The van der Waals surface area contributed by atoms with Crippen LogP contribution in [0.5, 0.6) is 0 Å². The van der Waals surface area contributed by atoms with E-state index < -0.39 is 0 Å². The molecule has 0 bridgehead atoms. The number of aromatic nitrogens is 2. The van der Waals surface area contributed by atoms with Gasteiger partial charge in [0.15, 0.2) is 5.82 Å². The summed E-state index contributed by atoms with van der Waals surface area (Å²) in [5.41, 5.74) is 5.39. The first-order chi connectivity index (χ1) is 9.06. The third kappa shape index (κ3) is 2.88. The average Bonchev–Trinajstić information content (AvgIpc) is 2.42. The molecule has 0 amide bonds. The molecule has 0 aliphatic rings. The molecule has 1 aromatic heterocycles. The number of nitrogens with one attached hydrogen (secondary N) is 1. The Labute approximate surface area is 125 Å². The van der Waals surface area contributed by atoms with Crippen LogP contribution in [-0.2, 0) is 6.42 Å². The van der Waals surface area contributed by atoms with E-state index in [1.807, 2.05) is 32.0 Å². The smallest absolute Gasteiger partial charge is 0.163 e. The van der Waals surface area contributed by atoms with E-state index in [4.69, 9.17) is 17.4 Å². The minimum absolute atomic E-state index is 0.602. The number of nitrogens with two attached hydrogens (primary N) is 1. The maximum absolute atomic E-state index is 6.03. The maximum atomic E-state index is 6.03. The van der Waals surface area contributed by atoms with Crippen LogP contribution in [0, 0.1) is 6.92 Å². The summed E-state index contributed by atoms with van der Waals surface area (Å²) in [5, 5.41) is 0.641. The molecule has 0 aliphatic heterocycles. The van der Waals surface area contributed by atoms with Gasteiger partial charge in [0.1, 0.15) is 5.82 Å². The van der Waals surface area contributed by atoms with Crippen LogP contribution in [0.3, 0.4) is 0 Å². The number of halogens is 2. The highest BCUT2D eigenvalue weighted by atomic mass is 79.9. The monoisotopic (exact) mass is 340 g/mol. The van der Waals surface area contributed by atoms with E-state index in [0.717, 1.165) is 27.7 Å². The van der Waals surface area contributed by atoms with Crippen LogP contribution in [0.1, 0.15) is 18.2 Å². The molecule has 0 saturated carbocycles. The van der Waals surface area contributed by atoms with Crippen LogP contribution in [0.25, 0.3) is 11.4 Å². The second kappa shape index (κ2) is 5.86. The fourth-order valence-electron chi connectivity index (χ4n) is 1.84. The summed E-state index contributed by atoms with van der Waals surface area (Å²) in [6, 6.07) is 5.52. The molecule has 100 valence electrons. The molecule has 0 aliphatic carbocycles. The molecule has 0 spiro atoms. The van der Waals surface area contributed by atoms with Crippen LogP contribution in [0.2, 0.25) is 5.02 Å². The number of aryl methyl sites for hydroxylation is 1. The first kappa shape index (κ1) is 14.2. The topological polar surface area (TPSA) is 63.8 Å². The lowest BCUT2D eigenvalue weighted by atomic mass is 10.1. The first-order valence-electron chi connectivity index (χ1n) is 5.86. The average molecular weight is 342 g/mol. The zero-order valence-electron chi connectivity index (χ0n) is 10.7. The van der Waals surface area contributed by atoms with Crippen molar-refractivity contribution >= 4 is 33.3 Å². The molecule has 2 rings (SSSR count). The fourth-order valence-corrected chi connectivity index (χ4v) is 2.43. The largest absolute Gasteiger partial charge is 0.308 e. The number of rotatable bonds is 3. The van der Waals surface area contributed by atoms with Crippen LogP contribution < -0.4 is 11.3 Å². The van der Waals surface area contributed by atoms with Gasteiger partial charge in [-0.05, 0) is 31.5 Å². The van der Waals surface area contributed by atoms with Crippen molar-refractivity contribution in [1.82, 2.24) is 9.97 Å². The normalized spacial score (nSPS) is 10.6. The van der Waals surface area contributed by atoms with Gasteiger partial charge in [0, 0.05) is 26.3 Å². The molecule has 0 saturated heterocycles. The van der Waals surface area contributed by atoms with E-state index in [2.05, 4.69) is 31.3 Å². The third-order valence-corrected chi connectivity index (χ3v) is 3.81. The lowest BCUT2D eigenvalue weighted by Crippen LogP contribution is -2.13. The molecule has 4 nitrogen and oxygen atoms in total. The van der Waals surface area contributed by atoms with Crippen molar-refractivity contribution in [3.05, 3.63) is 39.0 Å². The minimum Gasteiger partial charge on any atom is -0.308 e. The zero-order valence-corrected chi connectivity index (χ0v) is 13.0. The first-order valence-corrected chi connectivity index (χ1v) is 7.03. The minimum atomic E-state index is 0.602. The Kier molecular flexibility index (Phi) is 4.39. The number of hydrogen-bond acceptors (Lipinski definition) is 4. The predicted molar refractivity (Wildman–Crippen MR) is 82.1 cm³/mol. The molecule has 0 radical (unpaired) electrons. The van der Waals surface area contributed by atoms with Crippen molar-refractivity contribution in [1.29, 1.82) is 0 Å².